The number of benzene rings is 2. The number of aromatic nitrogens is 1. The molecule has 1 atom stereocenters. The highest BCUT2D eigenvalue weighted by Crippen LogP contribution is 2.33. The number of halogens is 1. The Morgan fingerprint density at radius 3 is 2.50 bits per heavy atom. The highest BCUT2D eigenvalue weighted by atomic mass is 32.1. The number of hydrogen-bond donors (Lipinski definition) is 0. The van der Waals surface area contributed by atoms with Crippen molar-refractivity contribution in [2.75, 3.05) is 19.6 Å². The Morgan fingerprint density at radius 2 is 1.83 bits per heavy atom. The zero-order valence-electron chi connectivity index (χ0n) is 17.3. The Labute approximate surface area is 181 Å². The third-order valence-corrected chi connectivity index (χ3v) is 6.79. The number of carbonyl (C=O) groups is 1. The van der Waals surface area contributed by atoms with E-state index in [9.17, 15) is 9.18 Å². The normalized spacial score (nSPS) is 14.6. The molecule has 3 aromatic rings. The van der Waals surface area contributed by atoms with Gasteiger partial charge in [-0.3, -0.25) is 9.69 Å². The van der Waals surface area contributed by atoms with Crippen LogP contribution in [0.1, 0.15) is 36.0 Å². The van der Waals surface area contributed by atoms with E-state index in [-0.39, 0.29) is 17.8 Å². The maximum absolute atomic E-state index is 13.6. The molecular formula is C24H26FN3OS. The van der Waals surface area contributed by atoms with E-state index in [1.165, 1.54) is 12.1 Å². The van der Waals surface area contributed by atoms with Gasteiger partial charge in [-0.05, 0) is 42.9 Å². The first-order valence-corrected chi connectivity index (χ1v) is 11.2. The van der Waals surface area contributed by atoms with Gasteiger partial charge in [-0.25, -0.2) is 9.37 Å². The van der Waals surface area contributed by atoms with E-state index in [1.54, 1.807) is 23.5 Å². The summed E-state index contributed by atoms with van der Waals surface area (Å²) in [6.45, 7) is 7.07. The van der Waals surface area contributed by atoms with Crippen LogP contribution in [-0.2, 0) is 17.8 Å². The van der Waals surface area contributed by atoms with Crippen LogP contribution in [0.15, 0.2) is 54.6 Å². The highest BCUT2D eigenvalue weighted by Gasteiger charge is 2.32. The molecular weight excluding hydrogens is 397 g/mol. The molecule has 0 saturated heterocycles. The first kappa shape index (κ1) is 20.7. The number of fused-ring (bicyclic) bond motifs is 1. The van der Waals surface area contributed by atoms with Gasteiger partial charge in [-0.1, -0.05) is 44.2 Å². The molecule has 0 N–H and O–H groups in total. The molecule has 1 aliphatic rings. The van der Waals surface area contributed by atoms with Crippen molar-refractivity contribution >= 4 is 17.2 Å². The number of likely N-dealkylation sites (N-methyl/N-ethyl adjacent to an activating group) is 1. The average molecular weight is 424 g/mol. The van der Waals surface area contributed by atoms with Crippen LogP contribution in [0.4, 0.5) is 4.39 Å². The molecule has 30 heavy (non-hydrogen) atoms. The smallest absolute Gasteiger partial charge is 0.244 e. The molecule has 2 heterocycles. The van der Waals surface area contributed by atoms with Crippen molar-refractivity contribution in [3.63, 3.8) is 0 Å². The van der Waals surface area contributed by atoms with Gasteiger partial charge in [0.05, 0.1) is 12.2 Å². The van der Waals surface area contributed by atoms with E-state index >= 15 is 0 Å². The molecule has 1 unspecified atom stereocenters. The van der Waals surface area contributed by atoms with Gasteiger partial charge in [-0.2, -0.15) is 0 Å². The average Bonchev–Trinajstić information content (AvgIpc) is 3.21. The summed E-state index contributed by atoms with van der Waals surface area (Å²) < 4.78 is 13.2. The van der Waals surface area contributed by atoms with E-state index in [0.29, 0.717) is 13.1 Å². The lowest BCUT2D eigenvalue weighted by atomic mass is 10.0. The van der Waals surface area contributed by atoms with Crippen molar-refractivity contribution in [2.45, 2.75) is 32.9 Å². The summed E-state index contributed by atoms with van der Waals surface area (Å²) in [4.78, 5) is 23.7. The van der Waals surface area contributed by atoms with Gasteiger partial charge in [0.15, 0.2) is 0 Å². The van der Waals surface area contributed by atoms with Crippen LogP contribution >= 0.6 is 11.3 Å². The second kappa shape index (κ2) is 9.06. The summed E-state index contributed by atoms with van der Waals surface area (Å²) in [7, 11) is 0. The Balaban J connectivity index is 1.58. The van der Waals surface area contributed by atoms with Crippen molar-refractivity contribution in [2.24, 2.45) is 0 Å². The maximum atomic E-state index is 13.6. The number of nitrogens with zero attached hydrogens (tertiary/aromatic N) is 3. The van der Waals surface area contributed by atoms with E-state index in [4.69, 9.17) is 4.98 Å². The van der Waals surface area contributed by atoms with Crippen molar-refractivity contribution < 1.29 is 9.18 Å². The van der Waals surface area contributed by atoms with Crippen LogP contribution in [0.2, 0.25) is 0 Å². The van der Waals surface area contributed by atoms with Crippen LogP contribution in [0, 0.1) is 5.82 Å². The van der Waals surface area contributed by atoms with Crippen LogP contribution in [-0.4, -0.2) is 40.3 Å². The molecule has 1 amide bonds. The van der Waals surface area contributed by atoms with E-state index < -0.39 is 0 Å². The third kappa shape index (κ3) is 4.16. The fourth-order valence-corrected chi connectivity index (χ4v) is 5.14. The van der Waals surface area contributed by atoms with Gasteiger partial charge in [0, 0.05) is 23.4 Å². The molecule has 0 radical (unpaired) electrons. The van der Waals surface area contributed by atoms with Gasteiger partial charge < -0.3 is 4.90 Å². The fraction of sp³-hybridized carbons (Fsp3) is 0.333. The predicted octanol–water partition coefficient (Wildman–Crippen LogP) is 4.92. The molecule has 0 fully saturated rings. The second-order valence-electron chi connectivity index (χ2n) is 7.44. The minimum atomic E-state index is -0.271. The molecule has 2 aromatic carbocycles. The Bertz CT molecular complexity index is 999. The lowest BCUT2D eigenvalue weighted by Crippen LogP contribution is -2.44. The van der Waals surface area contributed by atoms with Crippen molar-refractivity contribution in [3.05, 3.63) is 76.5 Å². The monoisotopic (exact) mass is 423 g/mol. The zero-order chi connectivity index (χ0) is 21.1. The van der Waals surface area contributed by atoms with Gasteiger partial charge in [0.1, 0.15) is 16.9 Å². The van der Waals surface area contributed by atoms with Gasteiger partial charge in [0.2, 0.25) is 5.91 Å². The summed E-state index contributed by atoms with van der Waals surface area (Å²) >= 11 is 1.60. The number of carbonyl (C=O) groups excluding carboxylic acids is 1. The Hall–Kier alpha value is -2.57. The first-order chi connectivity index (χ1) is 14.6. The molecule has 0 bridgehead atoms. The molecule has 156 valence electrons. The SMILES string of the molecule is CCN(CC)C(C(=O)N1CCc2nc(-c3ccc(F)cc3)sc2C1)c1ccccc1. The summed E-state index contributed by atoms with van der Waals surface area (Å²) in [6.07, 6.45) is 0.749. The van der Waals surface area contributed by atoms with Crippen LogP contribution < -0.4 is 0 Å². The van der Waals surface area contributed by atoms with Crippen molar-refractivity contribution in [1.82, 2.24) is 14.8 Å². The van der Waals surface area contributed by atoms with Crippen molar-refractivity contribution in [1.29, 1.82) is 0 Å². The number of rotatable bonds is 6. The summed E-state index contributed by atoms with van der Waals surface area (Å²) in [5.41, 5.74) is 3.01. The molecule has 6 heteroatoms. The van der Waals surface area contributed by atoms with Crippen molar-refractivity contribution in [3.8, 4) is 10.6 Å². The zero-order valence-corrected chi connectivity index (χ0v) is 18.2. The molecule has 4 nitrogen and oxygen atoms in total. The molecule has 4 rings (SSSR count). The Kier molecular flexibility index (Phi) is 6.25. The molecule has 1 aromatic heterocycles. The summed E-state index contributed by atoms with van der Waals surface area (Å²) in [6, 6.07) is 16.2. The fourth-order valence-electron chi connectivity index (χ4n) is 4.01. The largest absolute Gasteiger partial charge is 0.335 e. The van der Waals surface area contributed by atoms with E-state index in [0.717, 1.165) is 46.2 Å². The highest BCUT2D eigenvalue weighted by molar-refractivity contribution is 7.15. The lowest BCUT2D eigenvalue weighted by Gasteiger charge is -2.35. The first-order valence-electron chi connectivity index (χ1n) is 10.4. The minimum absolute atomic E-state index is 0.146. The third-order valence-electron chi connectivity index (χ3n) is 5.66. The van der Waals surface area contributed by atoms with Crippen LogP contribution in [0.3, 0.4) is 0 Å². The maximum Gasteiger partial charge on any atom is 0.244 e. The van der Waals surface area contributed by atoms with Crippen LogP contribution in [0.5, 0.6) is 0 Å². The van der Waals surface area contributed by atoms with E-state index in [1.807, 2.05) is 35.2 Å². The van der Waals surface area contributed by atoms with Gasteiger partial charge in [-0.15, -0.1) is 11.3 Å². The number of thiazole rings is 1. The van der Waals surface area contributed by atoms with Gasteiger partial charge in [0.25, 0.3) is 0 Å². The molecule has 1 aliphatic heterocycles. The minimum Gasteiger partial charge on any atom is -0.335 e. The quantitative estimate of drug-likeness (QED) is 0.565. The number of hydrogen-bond acceptors (Lipinski definition) is 4. The van der Waals surface area contributed by atoms with Crippen LogP contribution in [0.25, 0.3) is 10.6 Å². The molecule has 0 aliphatic carbocycles. The van der Waals surface area contributed by atoms with E-state index in [2.05, 4.69) is 18.7 Å². The predicted molar refractivity (Wildman–Crippen MR) is 119 cm³/mol. The van der Waals surface area contributed by atoms with Gasteiger partial charge >= 0.3 is 0 Å². The lowest BCUT2D eigenvalue weighted by molar-refractivity contribution is -0.138. The molecule has 0 saturated carbocycles. The topological polar surface area (TPSA) is 36.4 Å². The summed E-state index contributed by atoms with van der Waals surface area (Å²) in [5, 5.41) is 0.887. The summed E-state index contributed by atoms with van der Waals surface area (Å²) in [5.74, 6) is -0.104. The Morgan fingerprint density at radius 1 is 1.13 bits per heavy atom. The molecule has 0 spiro atoms. The number of amides is 1. The standard InChI is InChI=1S/C24H26FN3OS/c1-3-27(4-2)22(17-8-6-5-7-9-17)24(29)28-15-14-20-21(16-28)30-23(26-20)18-10-12-19(25)13-11-18/h5-13,22H,3-4,14-16H2,1-2H3. The second-order valence-corrected chi connectivity index (χ2v) is 8.52.